The third-order valence-corrected chi connectivity index (χ3v) is 3.52. The molecule has 2 nitrogen and oxygen atoms in total. The van der Waals surface area contributed by atoms with Crippen LogP contribution in [0.25, 0.3) is 0 Å². The first kappa shape index (κ1) is 14.5. The predicted molar refractivity (Wildman–Crippen MR) is 78.9 cm³/mol. The third kappa shape index (κ3) is 4.68. The van der Waals surface area contributed by atoms with E-state index in [2.05, 4.69) is 54.6 Å². The molecule has 2 N–H and O–H groups in total. The summed E-state index contributed by atoms with van der Waals surface area (Å²) in [6, 6.07) is 6.61. The van der Waals surface area contributed by atoms with Gasteiger partial charge < -0.3 is 5.73 Å². The van der Waals surface area contributed by atoms with Gasteiger partial charge in [0.15, 0.2) is 0 Å². The third-order valence-electron chi connectivity index (χ3n) is 2.78. The van der Waals surface area contributed by atoms with Crippen molar-refractivity contribution in [3.8, 4) is 0 Å². The van der Waals surface area contributed by atoms with Gasteiger partial charge in [-0.2, -0.15) is 0 Å². The summed E-state index contributed by atoms with van der Waals surface area (Å²) < 4.78 is 1.10. The molecule has 1 aromatic carbocycles. The second-order valence-corrected chi connectivity index (χ2v) is 6.12. The second-order valence-electron chi connectivity index (χ2n) is 5.27. The minimum absolute atomic E-state index is 0.557. The van der Waals surface area contributed by atoms with Gasteiger partial charge in [0.05, 0.1) is 0 Å². The number of hydrogen-bond donors (Lipinski definition) is 1. The van der Waals surface area contributed by atoms with Gasteiger partial charge in [0.2, 0.25) is 0 Å². The molecule has 17 heavy (non-hydrogen) atoms. The average Bonchev–Trinajstić information content (AvgIpc) is 2.19. The lowest BCUT2D eigenvalue weighted by Crippen LogP contribution is -2.33. The van der Waals surface area contributed by atoms with Crippen LogP contribution in [0.1, 0.15) is 33.3 Å². The summed E-state index contributed by atoms with van der Waals surface area (Å²) in [4.78, 5) is 2.49. The van der Waals surface area contributed by atoms with Gasteiger partial charge in [-0.1, -0.05) is 35.8 Å². The second kappa shape index (κ2) is 6.41. The molecule has 1 aromatic rings. The lowest BCUT2D eigenvalue weighted by atomic mass is 10.1. The highest BCUT2D eigenvalue weighted by Gasteiger charge is 2.13. The van der Waals surface area contributed by atoms with Crippen molar-refractivity contribution in [2.75, 3.05) is 12.3 Å². The number of hydrogen-bond acceptors (Lipinski definition) is 2. The molecule has 0 saturated carbocycles. The molecule has 0 amide bonds. The van der Waals surface area contributed by atoms with E-state index in [0.29, 0.717) is 12.0 Å². The van der Waals surface area contributed by atoms with Crippen molar-refractivity contribution in [2.45, 2.75) is 40.3 Å². The molecule has 0 aromatic heterocycles. The minimum Gasteiger partial charge on any atom is -0.399 e. The fourth-order valence-electron chi connectivity index (χ4n) is 1.84. The summed E-state index contributed by atoms with van der Waals surface area (Å²) in [6.07, 6.45) is 0. The first-order valence-corrected chi connectivity index (χ1v) is 6.97. The molecule has 0 saturated heterocycles. The van der Waals surface area contributed by atoms with Crippen LogP contribution in [0.5, 0.6) is 0 Å². The highest BCUT2D eigenvalue weighted by atomic mass is 79.9. The number of benzene rings is 1. The SMILES string of the molecule is CC(C)CN(Cc1ccc(N)cc1Br)C(C)C. The Balaban J connectivity index is 2.78. The van der Waals surface area contributed by atoms with Crippen molar-refractivity contribution in [2.24, 2.45) is 5.92 Å². The summed E-state index contributed by atoms with van der Waals surface area (Å²) in [5, 5.41) is 0. The van der Waals surface area contributed by atoms with E-state index in [9.17, 15) is 0 Å². The van der Waals surface area contributed by atoms with Crippen LogP contribution in [0.3, 0.4) is 0 Å². The van der Waals surface area contributed by atoms with Crippen molar-refractivity contribution in [1.82, 2.24) is 4.90 Å². The number of nitrogens with zero attached hydrogens (tertiary/aromatic N) is 1. The van der Waals surface area contributed by atoms with E-state index < -0.39 is 0 Å². The Bertz CT molecular complexity index is 361. The quantitative estimate of drug-likeness (QED) is 0.836. The fourth-order valence-corrected chi connectivity index (χ4v) is 2.36. The van der Waals surface area contributed by atoms with Gasteiger partial charge in [0.25, 0.3) is 0 Å². The molecular weight excluding hydrogens is 276 g/mol. The van der Waals surface area contributed by atoms with Crippen LogP contribution in [0.15, 0.2) is 22.7 Å². The van der Waals surface area contributed by atoms with Crippen molar-refractivity contribution < 1.29 is 0 Å². The maximum atomic E-state index is 5.76. The highest BCUT2D eigenvalue weighted by molar-refractivity contribution is 9.10. The standard InChI is InChI=1S/C14H23BrN2/c1-10(2)8-17(11(3)4)9-12-5-6-13(16)7-14(12)15/h5-7,10-11H,8-9,16H2,1-4H3. The van der Waals surface area contributed by atoms with Crippen LogP contribution >= 0.6 is 15.9 Å². The number of nitrogen functional groups attached to an aromatic ring is 1. The zero-order valence-electron chi connectivity index (χ0n) is 11.2. The van der Waals surface area contributed by atoms with Crippen LogP contribution in [0.4, 0.5) is 5.69 Å². The van der Waals surface area contributed by atoms with E-state index in [-0.39, 0.29) is 0 Å². The maximum absolute atomic E-state index is 5.76. The van der Waals surface area contributed by atoms with Crippen molar-refractivity contribution in [3.05, 3.63) is 28.2 Å². The summed E-state index contributed by atoms with van der Waals surface area (Å²) in [5.74, 6) is 0.685. The number of rotatable bonds is 5. The van der Waals surface area contributed by atoms with Crippen LogP contribution in [0, 0.1) is 5.92 Å². The average molecular weight is 299 g/mol. The maximum Gasteiger partial charge on any atom is 0.0325 e. The van der Waals surface area contributed by atoms with Crippen LogP contribution in [-0.2, 0) is 6.54 Å². The Morgan fingerprint density at radius 2 is 1.88 bits per heavy atom. The van der Waals surface area contributed by atoms with E-state index in [1.807, 2.05) is 12.1 Å². The first-order valence-electron chi connectivity index (χ1n) is 6.18. The normalized spacial score (nSPS) is 11.8. The zero-order valence-corrected chi connectivity index (χ0v) is 12.8. The van der Waals surface area contributed by atoms with E-state index in [1.54, 1.807) is 0 Å². The predicted octanol–water partition coefficient (Wildman–Crippen LogP) is 3.90. The minimum atomic E-state index is 0.557. The molecule has 0 heterocycles. The fraction of sp³-hybridized carbons (Fsp3) is 0.571. The van der Waals surface area contributed by atoms with Gasteiger partial charge >= 0.3 is 0 Å². The molecule has 0 fully saturated rings. The lowest BCUT2D eigenvalue weighted by Gasteiger charge is -2.28. The van der Waals surface area contributed by atoms with Crippen LogP contribution < -0.4 is 5.73 Å². The molecule has 0 aliphatic carbocycles. The monoisotopic (exact) mass is 298 g/mol. The van der Waals surface area contributed by atoms with E-state index in [4.69, 9.17) is 5.73 Å². The van der Waals surface area contributed by atoms with Crippen LogP contribution in [0.2, 0.25) is 0 Å². The Morgan fingerprint density at radius 3 is 2.35 bits per heavy atom. The summed E-state index contributed by atoms with van der Waals surface area (Å²) >= 11 is 3.58. The van der Waals surface area contributed by atoms with E-state index in [1.165, 1.54) is 5.56 Å². The molecular formula is C14H23BrN2. The van der Waals surface area contributed by atoms with E-state index in [0.717, 1.165) is 23.2 Å². The molecule has 0 radical (unpaired) electrons. The molecule has 0 aliphatic rings. The summed E-state index contributed by atoms with van der Waals surface area (Å²) in [5.41, 5.74) is 7.86. The molecule has 0 unspecified atom stereocenters. The highest BCUT2D eigenvalue weighted by Crippen LogP contribution is 2.22. The Labute approximate surface area is 113 Å². The van der Waals surface area contributed by atoms with Crippen molar-refractivity contribution in [3.63, 3.8) is 0 Å². The smallest absolute Gasteiger partial charge is 0.0325 e. The molecule has 0 spiro atoms. The van der Waals surface area contributed by atoms with E-state index >= 15 is 0 Å². The largest absolute Gasteiger partial charge is 0.399 e. The molecule has 0 aliphatic heterocycles. The molecule has 1 rings (SSSR count). The molecule has 0 bridgehead atoms. The van der Waals surface area contributed by atoms with Gasteiger partial charge in [-0.05, 0) is 37.5 Å². The molecule has 3 heteroatoms. The Hall–Kier alpha value is -0.540. The van der Waals surface area contributed by atoms with Gasteiger partial charge in [-0.25, -0.2) is 0 Å². The molecule has 96 valence electrons. The van der Waals surface area contributed by atoms with Gasteiger partial charge in [0, 0.05) is 29.3 Å². The topological polar surface area (TPSA) is 29.3 Å². The van der Waals surface area contributed by atoms with Crippen LogP contribution in [-0.4, -0.2) is 17.5 Å². The van der Waals surface area contributed by atoms with Gasteiger partial charge in [-0.15, -0.1) is 0 Å². The summed E-state index contributed by atoms with van der Waals surface area (Å²) in [6.45, 7) is 11.1. The van der Waals surface area contributed by atoms with Gasteiger partial charge in [-0.3, -0.25) is 4.90 Å². The summed E-state index contributed by atoms with van der Waals surface area (Å²) in [7, 11) is 0. The lowest BCUT2D eigenvalue weighted by molar-refractivity contribution is 0.189. The Morgan fingerprint density at radius 1 is 1.24 bits per heavy atom. The Kier molecular flexibility index (Phi) is 5.47. The number of anilines is 1. The van der Waals surface area contributed by atoms with Gasteiger partial charge in [0.1, 0.15) is 0 Å². The molecule has 0 atom stereocenters. The van der Waals surface area contributed by atoms with Crippen molar-refractivity contribution >= 4 is 21.6 Å². The first-order chi connectivity index (χ1) is 7.90. The number of nitrogens with two attached hydrogens (primary N) is 1. The van der Waals surface area contributed by atoms with Crippen molar-refractivity contribution in [1.29, 1.82) is 0 Å². The number of halogens is 1. The zero-order chi connectivity index (χ0) is 13.0.